The number of halogens is 2. The number of amides is 2. The van der Waals surface area contributed by atoms with Gasteiger partial charge in [0.15, 0.2) is 0 Å². The number of H-pyrrole nitrogens is 1. The van der Waals surface area contributed by atoms with E-state index in [9.17, 15) is 14.4 Å². The van der Waals surface area contributed by atoms with Crippen molar-refractivity contribution in [2.24, 2.45) is 29.6 Å². The van der Waals surface area contributed by atoms with Gasteiger partial charge in [0.25, 0.3) is 0 Å². The molecule has 42 heavy (non-hydrogen) atoms. The van der Waals surface area contributed by atoms with Crippen LogP contribution in [-0.4, -0.2) is 22.0 Å². The molecule has 2 aliphatic carbocycles. The molecule has 0 unspecified atom stereocenters. The van der Waals surface area contributed by atoms with Gasteiger partial charge in [-0.3, -0.25) is 19.3 Å². The van der Waals surface area contributed by atoms with E-state index in [4.69, 9.17) is 27.9 Å². The molecular weight excluding hydrogens is 611 g/mol. The molecule has 0 spiro atoms. The third kappa shape index (κ3) is 4.03. The Hall–Kier alpha value is -3.04. The summed E-state index contributed by atoms with van der Waals surface area (Å²) in [6, 6.07) is 22.5. The number of thiazole rings is 1. The molecule has 3 heterocycles. The molecule has 1 N–H and O–H groups in total. The van der Waals surface area contributed by atoms with E-state index in [0.29, 0.717) is 22.3 Å². The highest BCUT2D eigenvalue weighted by molar-refractivity contribution is 8.00. The van der Waals surface area contributed by atoms with Gasteiger partial charge in [-0.05, 0) is 72.2 Å². The monoisotopic (exact) mass is 634 g/mol. The highest BCUT2D eigenvalue weighted by atomic mass is 35.5. The van der Waals surface area contributed by atoms with Crippen LogP contribution in [0.5, 0.6) is 5.75 Å². The van der Waals surface area contributed by atoms with Crippen molar-refractivity contribution in [3.8, 4) is 5.75 Å². The highest BCUT2D eigenvalue weighted by Crippen LogP contribution is 2.69. The summed E-state index contributed by atoms with van der Waals surface area (Å²) < 4.78 is 6.40. The number of fused-ring (bicyclic) bond motifs is 9. The number of carbonyl (C=O) groups excluding carboxylic acids is 2. The summed E-state index contributed by atoms with van der Waals surface area (Å²) in [4.78, 5) is 45.8. The van der Waals surface area contributed by atoms with E-state index < -0.39 is 0 Å². The lowest BCUT2D eigenvalue weighted by Gasteiger charge is -2.43. The van der Waals surface area contributed by atoms with Crippen LogP contribution in [0.2, 0.25) is 10.0 Å². The molecular formula is C32H24Cl2N2O4S2. The van der Waals surface area contributed by atoms with E-state index in [-0.39, 0.29) is 57.4 Å². The number of aromatic amines is 1. The lowest BCUT2D eigenvalue weighted by molar-refractivity contribution is -0.123. The topological polar surface area (TPSA) is 79.5 Å². The normalized spacial score (nSPS) is 29.0. The van der Waals surface area contributed by atoms with E-state index in [2.05, 4.69) is 11.1 Å². The second-order valence-electron chi connectivity index (χ2n) is 11.4. The fourth-order valence-electron chi connectivity index (χ4n) is 7.87. The van der Waals surface area contributed by atoms with Gasteiger partial charge in [0.05, 0.1) is 22.5 Å². The van der Waals surface area contributed by atoms with Crippen molar-refractivity contribution in [2.45, 2.75) is 29.2 Å². The number of rotatable bonds is 5. The molecule has 212 valence electrons. The molecule has 6 nitrogen and oxygen atoms in total. The van der Waals surface area contributed by atoms with Crippen LogP contribution in [0.4, 0.5) is 5.69 Å². The highest BCUT2D eigenvalue weighted by Gasteiger charge is 2.69. The Morgan fingerprint density at radius 2 is 1.64 bits per heavy atom. The van der Waals surface area contributed by atoms with Gasteiger partial charge in [-0.1, -0.05) is 64.9 Å². The summed E-state index contributed by atoms with van der Waals surface area (Å²) in [5.74, 6) is -0.216. The van der Waals surface area contributed by atoms with Crippen molar-refractivity contribution >= 4 is 63.8 Å². The predicted octanol–water partition coefficient (Wildman–Crippen LogP) is 7.00. The van der Waals surface area contributed by atoms with Crippen LogP contribution in [0.25, 0.3) is 0 Å². The molecule has 0 radical (unpaired) electrons. The molecule has 1 aromatic heterocycles. The standard InChI is InChI=1S/C32H24Cl2N2O4S2/c33-16-8-10-18(11-9-16)36-30(37)25-20-13-21(26(25)31(36)38)27-24(20)23(28-29(41-27)35-32(39)42-28)19-6-1-2-7-22(19)40-14-15-4-3-5-17(34)12-15/h1-12,20-21,23-27H,13-14H2,(H,35,39)/t20-,21-,23+,24+,25+,26+,27-/m1/s1. The average molecular weight is 636 g/mol. The molecule has 3 aromatic carbocycles. The fourth-order valence-corrected chi connectivity index (χ4v) is 11.1. The quantitative estimate of drug-likeness (QED) is 0.239. The summed E-state index contributed by atoms with van der Waals surface area (Å²) >= 11 is 15.2. The molecule has 3 fully saturated rings. The minimum Gasteiger partial charge on any atom is -0.489 e. The first-order valence-electron chi connectivity index (χ1n) is 13.9. The Morgan fingerprint density at radius 1 is 0.881 bits per heavy atom. The summed E-state index contributed by atoms with van der Waals surface area (Å²) in [7, 11) is 0. The molecule has 10 heteroatoms. The number of imide groups is 1. The fraction of sp³-hybridized carbons (Fsp3) is 0.281. The zero-order chi connectivity index (χ0) is 28.7. The van der Waals surface area contributed by atoms with Gasteiger partial charge in [-0.25, -0.2) is 0 Å². The first-order chi connectivity index (χ1) is 20.4. The van der Waals surface area contributed by atoms with Crippen LogP contribution < -0.4 is 14.5 Å². The first-order valence-corrected chi connectivity index (χ1v) is 16.3. The number of nitrogens with zero attached hydrogens (tertiary/aromatic N) is 1. The largest absolute Gasteiger partial charge is 0.489 e. The summed E-state index contributed by atoms with van der Waals surface area (Å²) in [5, 5.41) is 2.18. The van der Waals surface area contributed by atoms with Gasteiger partial charge in [0.2, 0.25) is 11.8 Å². The Labute approximate surface area is 260 Å². The van der Waals surface area contributed by atoms with Crippen LogP contribution in [-0.2, 0) is 16.2 Å². The number of ether oxygens (including phenoxy) is 1. The second kappa shape index (κ2) is 10.0. The Balaban J connectivity index is 1.18. The number of hydrogen-bond donors (Lipinski definition) is 1. The SMILES string of the molecule is O=C1[C@H]2[C@H]3C[C@@H]([C@@H]2C(=O)N1c1ccc(Cl)cc1)[C@H]1[C@H](c2ccccc2OCc2cccc(Cl)c2)c2sc(=O)[nH]c2S[C@H]31. The molecule has 2 bridgehead atoms. The number of aromatic nitrogens is 1. The number of nitrogens with one attached hydrogen (secondary N) is 1. The number of anilines is 1. The number of para-hydroxylation sites is 1. The van der Waals surface area contributed by atoms with E-state index in [1.165, 1.54) is 16.2 Å². The average Bonchev–Trinajstić information content (AvgIpc) is 3.72. The summed E-state index contributed by atoms with van der Waals surface area (Å²) in [5.41, 5.74) is 2.53. The number of hydrogen-bond acceptors (Lipinski definition) is 6. The van der Waals surface area contributed by atoms with E-state index in [0.717, 1.165) is 33.2 Å². The van der Waals surface area contributed by atoms with Crippen molar-refractivity contribution in [1.29, 1.82) is 0 Å². The zero-order valence-corrected chi connectivity index (χ0v) is 25.2. The summed E-state index contributed by atoms with van der Waals surface area (Å²) in [6.45, 7) is 0.350. The van der Waals surface area contributed by atoms with Crippen LogP contribution in [0, 0.1) is 29.6 Å². The van der Waals surface area contributed by atoms with Crippen molar-refractivity contribution < 1.29 is 14.3 Å². The number of carbonyl (C=O) groups is 2. The van der Waals surface area contributed by atoms with Crippen LogP contribution in [0.3, 0.4) is 0 Å². The Morgan fingerprint density at radius 3 is 2.43 bits per heavy atom. The molecule has 8 rings (SSSR count). The second-order valence-corrected chi connectivity index (χ2v) is 14.5. The Kier molecular flexibility index (Phi) is 6.34. The van der Waals surface area contributed by atoms with Gasteiger partial charge >= 0.3 is 4.87 Å². The molecule has 7 atom stereocenters. The van der Waals surface area contributed by atoms with Crippen LogP contribution in [0.15, 0.2) is 82.6 Å². The lowest BCUT2D eigenvalue weighted by atomic mass is 9.68. The first kappa shape index (κ1) is 26.6. The van der Waals surface area contributed by atoms with E-state index in [1.807, 2.05) is 42.5 Å². The maximum Gasteiger partial charge on any atom is 0.305 e. The van der Waals surface area contributed by atoms with Gasteiger partial charge < -0.3 is 9.72 Å². The Bertz CT molecular complexity index is 1800. The van der Waals surface area contributed by atoms with Gasteiger partial charge in [-0.2, -0.15) is 0 Å². The number of benzene rings is 3. The molecule has 4 aromatic rings. The van der Waals surface area contributed by atoms with E-state index >= 15 is 0 Å². The van der Waals surface area contributed by atoms with Crippen molar-refractivity contribution in [3.05, 3.63) is 109 Å². The zero-order valence-electron chi connectivity index (χ0n) is 22.0. The van der Waals surface area contributed by atoms with Crippen molar-refractivity contribution in [3.63, 3.8) is 0 Å². The van der Waals surface area contributed by atoms with Crippen LogP contribution in [0.1, 0.15) is 28.3 Å². The van der Waals surface area contributed by atoms with Crippen molar-refractivity contribution in [1.82, 2.24) is 4.98 Å². The predicted molar refractivity (Wildman–Crippen MR) is 165 cm³/mol. The molecule has 2 saturated carbocycles. The lowest BCUT2D eigenvalue weighted by Crippen LogP contribution is -2.42. The van der Waals surface area contributed by atoms with Crippen molar-refractivity contribution in [2.75, 3.05) is 4.90 Å². The summed E-state index contributed by atoms with van der Waals surface area (Å²) in [6.07, 6.45) is 0.824. The maximum atomic E-state index is 14.0. The third-order valence-corrected chi connectivity index (χ3v) is 12.4. The molecule has 1 saturated heterocycles. The van der Waals surface area contributed by atoms with Crippen LogP contribution >= 0.6 is 46.3 Å². The molecule has 4 aliphatic rings. The minimum absolute atomic E-state index is 0.0163. The molecule has 2 amide bonds. The third-order valence-electron chi connectivity index (χ3n) is 9.35. The minimum atomic E-state index is -0.376. The molecule has 2 aliphatic heterocycles. The van der Waals surface area contributed by atoms with Gasteiger partial charge in [0.1, 0.15) is 12.4 Å². The number of thioether (sulfide) groups is 1. The van der Waals surface area contributed by atoms with Gasteiger partial charge in [0, 0.05) is 31.7 Å². The van der Waals surface area contributed by atoms with E-state index in [1.54, 1.807) is 36.0 Å². The smallest absolute Gasteiger partial charge is 0.305 e. The maximum absolute atomic E-state index is 14.0. The van der Waals surface area contributed by atoms with Gasteiger partial charge in [-0.15, -0.1) is 11.8 Å².